The number of hydrogen-bond donors (Lipinski definition) is 0. The van der Waals surface area contributed by atoms with Crippen molar-refractivity contribution in [2.75, 3.05) is 0 Å². The van der Waals surface area contributed by atoms with Gasteiger partial charge in [0.1, 0.15) is 5.03 Å². The van der Waals surface area contributed by atoms with E-state index in [4.69, 9.17) is 16.0 Å². The lowest BCUT2D eigenvalue weighted by molar-refractivity contribution is 0.509. The van der Waals surface area contributed by atoms with Crippen LogP contribution in [0.15, 0.2) is 46.0 Å². The van der Waals surface area contributed by atoms with Crippen molar-refractivity contribution in [2.24, 2.45) is 0 Å². The van der Waals surface area contributed by atoms with Crippen LogP contribution in [0.3, 0.4) is 0 Å². The first kappa shape index (κ1) is 16.0. The first-order valence-corrected chi connectivity index (χ1v) is 8.48. The first-order valence-electron chi connectivity index (χ1n) is 7.23. The fraction of sp³-hybridized carbons (Fsp3) is 0.235. The van der Waals surface area contributed by atoms with Gasteiger partial charge in [0.05, 0.1) is 10.3 Å². The molecule has 0 spiro atoms. The molecule has 3 rings (SSSR count). The summed E-state index contributed by atoms with van der Waals surface area (Å²) in [5.74, 6) is 1.09. The number of aromatic nitrogens is 3. The van der Waals surface area contributed by atoms with Crippen LogP contribution in [-0.2, 0) is 0 Å². The van der Waals surface area contributed by atoms with Gasteiger partial charge < -0.3 is 4.42 Å². The van der Waals surface area contributed by atoms with Crippen LogP contribution in [0.25, 0.3) is 11.5 Å². The van der Waals surface area contributed by atoms with E-state index in [1.807, 2.05) is 25.1 Å². The Kier molecular flexibility index (Phi) is 4.68. The number of aryl methyl sites for hydroxylation is 2. The maximum absolute atomic E-state index is 6.14. The van der Waals surface area contributed by atoms with Gasteiger partial charge in [-0.05, 0) is 56.2 Å². The molecule has 0 radical (unpaired) electrons. The van der Waals surface area contributed by atoms with E-state index in [0.29, 0.717) is 16.8 Å². The molecule has 118 valence electrons. The minimum atomic E-state index is -0.0322. The summed E-state index contributed by atoms with van der Waals surface area (Å²) in [7, 11) is 0. The minimum Gasteiger partial charge on any atom is -0.419 e. The van der Waals surface area contributed by atoms with Crippen molar-refractivity contribution >= 4 is 23.4 Å². The normalized spacial score (nSPS) is 12.3. The molecular formula is C17H16ClN3OS. The summed E-state index contributed by atoms with van der Waals surface area (Å²) in [5, 5.41) is 9.67. The average molecular weight is 346 g/mol. The molecule has 0 aliphatic rings. The number of benzene rings is 1. The maximum Gasteiger partial charge on any atom is 0.247 e. The Hall–Kier alpha value is -1.85. The first-order chi connectivity index (χ1) is 11.0. The van der Waals surface area contributed by atoms with Crippen molar-refractivity contribution in [3.8, 4) is 11.5 Å². The molecule has 1 atom stereocenters. The van der Waals surface area contributed by atoms with Gasteiger partial charge in [-0.3, -0.25) is 0 Å². The van der Waals surface area contributed by atoms with E-state index in [1.54, 1.807) is 6.20 Å². The molecule has 0 amide bonds. The van der Waals surface area contributed by atoms with Crippen molar-refractivity contribution < 1.29 is 4.42 Å². The van der Waals surface area contributed by atoms with Crippen LogP contribution < -0.4 is 0 Å². The highest BCUT2D eigenvalue weighted by atomic mass is 35.5. The molecule has 0 aliphatic heterocycles. The molecule has 23 heavy (non-hydrogen) atoms. The summed E-state index contributed by atoms with van der Waals surface area (Å²) >= 11 is 7.64. The second-order valence-electron chi connectivity index (χ2n) is 5.29. The van der Waals surface area contributed by atoms with Gasteiger partial charge in [-0.2, -0.15) is 0 Å². The number of rotatable bonds is 4. The van der Waals surface area contributed by atoms with E-state index in [9.17, 15) is 0 Å². The second-order valence-corrected chi connectivity index (χ2v) is 7.03. The molecule has 0 unspecified atom stereocenters. The number of nitrogens with zero attached hydrogens (tertiary/aromatic N) is 3. The molecule has 2 heterocycles. The topological polar surface area (TPSA) is 51.8 Å². The average Bonchev–Trinajstić information content (AvgIpc) is 3.02. The summed E-state index contributed by atoms with van der Waals surface area (Å²) < 4.78 is 5.82. The Labute approximate surface area is 144 Å². The standard InChI is InChI=1S/C17H16ClN3OS/c1-10-6-7-13(9-11(10)2)16-21-20-15(22-16)12(3)23-17-14(18)5-4-8-19-17/h4-9,12H,1-3H3/t12-/m0/s1. The Morgan fingerprint density at radius 1 is 1.13 bits per heavy atom. The van der Waals surface area contributed by atoms with Gasteiger partial charge in [-0.25, -0.2) is 4.98 Å². The van der Waals surface area contributed by atoms with Gasteiger partial charge >= 0.3 is 0 Å². The molecule has 0 fully saturated rings. The lowest BCUT2D eigenvalue weighted by Gasteiger charge is -2.07. The van der Waals surface area contributed by atoms with E-state index in [1.165, 1.54) is 22.9 Å². The highest BCUT2D eigenvalue weighted by Crippen LogP contribution is 2.37. The van der Waals surface area contributed by atoms with E-state index >= 15 is 0 Å². The largest absolute Gasteiger partial charge is 0.419 e. The van der Waals surface area contributed by atoms with E-state index in [0.717, 1.165) is 10.6 Å². The van der Waals surface area contributed by atoms with Crippen LogP contribution in [0, 0.1) is 13.8 Å². The van der Waals surface area contributed by atoms with Gasteiger partial charge in [-0.15, -0.1) is 10.2 Å². The van der Waals surface area contributed by atoms with Crippen LogP contribution in [0.5, 0.6) is 0 Å². The zero-order valence-corrected chi connectivity index (χ0v) is 14.6. The molecule has 1 aromatic carbocycles. The van der Waals surface area contributed by atoms with Crippen molar-refractivity contribution in [1.29, 1.82) is 0 Å². The summed E-state index contributed by atoms with van der Waals surface area (Å²) in [4.78, 5) is 4.27. The third kappa shape index (κ3) is 3.57. The van der Waals surface area contributed by atoms with E-state index < -0.39 is 0 Å². The molecule has 0 saturated heterocycles. The fourth-order valence-corrected chi connectivity index (χ4v) is 3.15. The molecule has 0 bridgehead atoms. The number of thioether (sulfide) groups is 1. The number of pyridine rings is 1. The Morgan fingerprint density at radius 2 is 1.96 bits per heavy atom. The van der Waals surface area contributed by atoms with Crippen molar-refractivity contribution in [3.63, 3.8) is 0 Å². The van der Waals surface area contributed by atoms with Crippen LogP contribution in [0.4, 0.5) is 0 Å². The molecule has 0 saturated carbocycles. The van der Waals surface area contributed by atoms with E-state index in [-0.39, 0.29) is 5.25 Å². The molecule has 3 aromatic rings. The van der Waals surface area contributed by atoms with Crippen LogP contribution in [0.2, 0.25) is 5.02 Å². The van der Waals surface area contributed by atoms with Gasteiger partial charge in [-0.1, -0.05) is 29.4 Å². The third-order valence-electron chi connectivity index (χ3n) is 3.56. The molecule has 6 heteroatoms. The fourth-order valence-electron chi connectivity index (χ4n) is 2.07. The Bertz CT molecular complexity index is 834. The van der Waals surface area contributed by atoms with Crippen LogP contribution in [-0.4, -0.2) is 15.2 Å². The molecule has 2 aromatic heterocycles. The predicted octanol–water partition coefficient (Wildman–Crippen LogP) is 5.26. The second kappa shape index (κ2) is 6.72. The van der Waals surface area contributed by atoms with Gasteiger partial charge in [0.2, 0.25) is 11.8 Å². The highest BCUT2D eigenvalue weighted by molar-refractivity contribution is 7.99. The van der Waals surface area contributed by atoms with Gasteiger partial charge in [0.25, 0.3) is 0 Å². The lowest BCUT2D eigenvalue weighted by atomic mass is 10.1. The summed E-state index contributed by atoms with van der Waals surface area (Å²) in [6.07, 6.45) is 1.72. The summed E-state index contributed by atoms with van der Waals surface area (Å²) in [6.45, 7) is 6.14. The van der Waals surface area contributed by atoms with Crippen LogP contribution >= 0.6 is 23.4 Å². The maximum atomic E-state index is 6.14. The predicted molar refractivity (Wildman–Crippen MR) is 92.7 cm³/mol. The Balaban J connectivity index is 1.81. The van der Waals surface area contributed by atoms with Gasteiger partial charge in [0.15, 0.2) is 0 Å². The molecule has 0 aliphatic carbocycles. The van der Waals surface area contributed by atoms with Crippen molar-refractivity contribution in [1.82, 2.24) is 15.2 Å². The minimum absolute atomic E-state index is 0.0322. The van der Waals surface area contributed by atoms with Crippen LogP contribution in [0.1, 0.15) is 29.2 Å². The van der Waals surface area contributed by atoms with Crippen molar-refractivity contribution in [3.05, 3.63) is 58.6 Å². The van der Waals surface area contributed by atoms with Gasteiger partial charge in [0, 0.05) is 11.8 Å². The molecular weight excluding hydrogens is 330 g/mol. The number of halogens is 1. The Morgan fingerprint density at radius 3 is 2.70 bits per heavy atom. The van der Waals surface area contributed by atoms with Crippen molar-refractivity contribution in [2.45, 2.75) is 31.0 Å². The third-order valence-corrected chi connectivity index (χ3v) is 5.08. The quantitative estimate of drug-likeness (QED) is 0.604. The lowest BCUT2D eigenvalue weighted by Crippen LogP contribution is -1.90. The zero-order chi connectivity index (χ0) is 16.4. The smallest absolute Gasteiger partial charge is 0.247 e. The number of hydrogen-bond acceptors (Lipinski definition) is 5. The molecule has 4 nitrogen and oxygen atoms in total. The van der Waals surface area contributed by atoms with E-state index in [2.05, 4.69) is 41.2 Å². The summed E-state index contributed by atoms with van der Waals surface area (Å²) in [5.41, 5.74) is 3.37. The zero-order valence-electron chi connectivity index (χ0n) is 13.1. The SMILES string of the molecule is Cc1ccc(-c2nnc([C@H](C)Sc3ncccc3Cl)o2)cc1C. The monoisotopic (exact) mass is 345 g/mol. The highest BCUT2D eigenvalue weighted by Gasteiger charge is 2.18. The summed E-state index contributed by atoms with van der Waals surface area (Å²) in [6, 6.07) is 9.73. The molecule has 0 N–H and O–H groups in total.